The topological polar surface area (TPSA) is 54.0 Å². The van der Waals surface area contributed by atoms with Crippen molar-refractivity contribution in [2.24, 2.45) is 0 Å². The molecule has 0 amide bonds. The van der Waals surface area contributed by atoms with Crippen LogP contribution in [0, 0.1) is 6.92 Å². The van der Waals surface area contributed by atoms with Crippen molar-refractivity contribution in [3.05, 3.63) is 27.7 Å². The molecule has 0 saturated carbocycles. The van der Waals surface area contributed by atoms with Gasteiger partial charge in [-0.05, 0) is 40.5 Å². The molecule has 0 radical (unpaired) electrons. The van der Waals surface area contributed by atoms with E-state index in [1.54, 1.807) is 12.1 Å². The van der Waals surface area contributed by atoms with Gasteiger partial charge in [-0.25, -0.2) is 4.79 Å². The second-order valence-electron chi connectivity index (χ2n) is 3.80. The summed E-state index contributed by atoms with van der Waals surface area (Å²) in [5.41, 5.74) is 1.27. The van der Waals surface area contributed by atoms with Gasteiger partial charge in [-0.2, -0.15) is 0 Å². The van der Waals surface area contributed by atoms with E-state index in [9.17, 15) is 4.79 Å². The zero-order valence-electron chi connectivity index (χ0n) is 11.4. The van der Waals surface area contributed by atoms with Crippen LogP contribution in [-0.4, -0.2) is 40.2 Å². The average molecular weight is 333 g/mol. The van der Waals surface area contributed by atoms with E-state index in [-0.39, 0.29) is 12.6 Å². The maximum absolute atomic E-state index is 11.5. The molecule has 0 N–H and O–H groups in total. The first-order valence-corrected chi connectivity index (χ1v) is 6.39. The highest BCUT2D eigenvalue weighted by molar-refractivity contribution is 9.10. The van der Waals surface area contributed by atoms with Gasteiger partial charge in [0.25, 0.3) is 0 Å². The van der Waals surface area contributed by atoms with E-state index in [2.05, 4.69) is 15.9 Å². The van der Waals surface area contributed by atoms with Crippen molar-refractivity contribution in [3.8, 4) is 5.75 Å². The lowest BCUT2D eigenvalue weighted by atomic mass is 10.1. The Morgan fingerprint density at radius 2 is 1.89 bits per heavy atom. The highest BCUT2D eigenvalue weighted by Crippen LogP contribution is 2.29. The predicted molar refractivity (Wildman–Crippen MR) is 73.5 cm³/mol. The Hall–Kier alpha value is -1.11. The third kappa shape index (κ3) is 4.19. The second-order valence-corrected chi connectivity index (χ2v) is 4.66. The van der Waals surface area contributed by atoms with E-state index < -0.39 is 6.29 Å². The van der Waals surface area contributed by atoms with Gasteiger partial charge in [0.1, 0.15) is 12.4 Å². The Morgan fingerprint density at radius 3 is 2.42 bits per heavy atom. The molecule has 0 heterocycles. The Balaban J connectivity index is 2.87. The molecule has 0 aliphatic rings. The van der Waals surface area contributed by atoms with Gasteiger partial charge in [0, 0.05) is 14.2 Å². The number of carbonyl (C=O) groups excluding carboxylic acids is 1. The molecule has 0 aliphatic carbocycles. The van der Waals surface area contributed by atoms with Crippen LogP contribution in [0.15, 0.2) is 16.6 Å². The van der Waals surface area contributed by atoms with Gasteiger partial charge in [0.15, 0.2) is 6.29 Å². The molecule has 0 aromatic heterocycles. The molecule has 0 fully saturated rings. The van der Waals surface area contributed by atoms with E-state index >= 15 is 0 Å². The zero-order valence-corrected chi connectivity index (χ0v) is 12.9. The van der Waals surface area contributed by atoms with Gasteiger partial charge in [0.2, 0.25) is 0 Å². The molecule has 6 heteroatoms. The van der Waals surface area contributed by atoms with Crippen LogP contribution in [0.3, 0.4) is 0 Å². The van der Waals surface area contributed by atoms with Crippen LogP contribution in [0.4, 0.5) is 0 Å². The van der Waals surface area contributed by atoms with Crippen molar-refractivity contribution in [2.75, 3.05) is 27.9 Å². The molecule has 0 aliphatic heterocycles. The lowest BCUT2D eigenvalue weighted by Gasteiger charge is -2.16. The van der Waals surface area contributed by atoms with E-state index in [4.69, 9.17) is 18.9 Å². The lowest BCUT2D eigenvalue weighted by molar-refractivity contribution is -0.122. The molecule has 19 heavy (non-hydrogen) atoms. The number of benzene rings is 1. The Kier molecular flexibility index (Phi) is 6.27. The Morgan fingerprint density at radius 1 is 1.26 bits per heavy atom. The van der Waals surface area contributed by atoms with Gasteiger partial charge in [-0.3, -0.25) is 0 Å². The number of rotatable bonds is 6. The van der Waals surface area contributed by atoms with Crippen molar-refractivity contribution in [2.45, 2.75) is 13.2 Å². The summed E-state index contributed by atoms with van der Waals surface area (Å²) < 4.78 is 21.0. The molecule has 1 aromatic rings. The summed E-state index contributed by atoms with van der Waals surface area (Å²) in [5.74, 6) is 0.237. The lowest BCUT2D eigenvalue weighted by Crippen LogP contribution is -2.22. The molecule has 0 atom stereocenters. The van der Waals surface area contributed by atoms with Gasteiger partial charge in [-0.1, -0.05) is 0 Å². The molecule has 0 spiro atoms. The zero-order chi connectivity index (χ0) is 14.4. The van der Waals surface area contributed by atoms with Crippen LogP contribution in [0.1, 0.15) is 15.9 Å². The summed E-state index contributed by atoms with van der Waals surface area (Å²) in [6, 6.07) is 3.43. The highest BCUT2D eigenvalue weighted by atomic mass is 79.9. The molecule has 5 nitrogen and oxygen atoms in total. The van der Waals surface area contributed by atoms with Gasteiger partial charge >= 0.3 is 5.97 Å². The number of carbonyl (C=O) groups is 1. The van der Waals surface area contributed by atoms with Crippen molar-refractivity contribution >= 4 is 21.9 Å². The largest absolute Gasteiger partial charge is 0.487 e. The first kappa shape index (κ1) is 15.9. The number of hydrogen-bond acceptors (Lipinski definition) is 5. The first-order chi connectivity index (χ1) is 9.03. The molecule has 106 valence electrons. The van der Waals surface area contributed by atoms with Crippen LogP contribution in [0.5, 0.6) is 5.75 Å². The van der Waals surface area contributed by atoms with Crippen molar-refractivity contribution in [1.82, 2.24) is 0 Å². The third-order valence-corrected chi connectivity index (χ3v) is 3.20. The van der Waals surface area contributed by atoms with E-state index in [1.165, 1.54) is 21.3 Å². The Labute approximate surface area is 120 Å². The summed E-state index contributed by atoms with van der Waals surface area (Å²) in [6.45, 7) is 2.07. The highest BCUT2D eigenvalue weighted by Gasteiger charge is 2.14. The first-order valence-electron chi connectivity index (χ1n) is 5.60. The smallest absolute Gasteiger partial charge is 0.338 e. The minimum Gasteiger partial charge on any atom is -0.487 e. The normalized spacial score (nSPS) is 10.6. The summed E-state index contributed by atoms with van der Waals surface area (Å²) in [5, 5.41) is 0. The maximum Gasteiger partial charge on any atom is 0.338 e. The summed E-state index contributed by atoms with van der Waals surface area (Å²) in [7, 11) is 4.43. The summed E-state index contributed by atoms with van der Waals surface area (Å²) in [6.07, 6.45) is -0.438. The maximum atomic E-state index is 11.5. The molecule has 1 aromatic carbocycles. The number of ether oxygens (including phenoxy) is 4. The van der Waals surface area contributed by atoms with E-state index in [0.29, 0.717) is 15.8 Å². The van der Waals surface area contributed by atoms with Crippen molar-refractivity contribution in [1.29, 1.82) is 0 Å². The fraction of sp³-hybridized carbons (Fsp3) is 0.462. The standard InChI is InChI=1S/C13H17BrO5/c1-8-5-11(19-7-12(16-2)17-3)10(14)6-9(8)13(15)18-4/h5-6,12H,7H2,1-4H3. The summed E-state index contributed by atoms with van der Waals surface area (Å²) >= 11 is 3.36. The van der Waals surface area contributed by atoms with Crippen molar-refractivity contribution in [3.63, 3.8) is 0 Å². The minimum atomic E-state index is -0.438. The summed E-state index contributed by atoms with van der Waals surface area (Å²) in [4.78, 5) is 11.5. The molecular formula is C13H17BrO5. The molecule has 1 rings (SSSR count). The average Bonchev–Trinajstić information content (AvgIpc) is 2.42. The SMILES string of the molecule is COC(=O)c1cc(Br)c(OCC(OC)OC)cc1C. The monoisotopic (exact) mass is 332 g/mol. The number of hydrogen-bond donors (Lipinski definition) is 0. The fourth-order valence-electron chi connectivity index (χ4n) is 1.49. The number of esters is 1. The molecule has 0 unspecified atom stereocenters. The number of halogens is 1. The third-order valence-electron chi connectivity index (χ3n) is 2.58. The predicted octanol–water partition coefficient (Wildman–Crippen LogP) is 2.54. The van der Waals surface area contributed by atoms with Crippen LogP contribution >= 0.6 is 15.9 Å². The molecular weight excluding hydrogens is 316 g/mol. The quantitative estimate of drug-likeness (QED) is 0.592. The molecule has 0 bridgehead atoms. The van der Waals surface area contributed by atoms with Crippen LogP contribution in [-0.2, 0) is 14.2 Å². The van der Waals surface area contributed by atoms with Crippen molar-refractivity contribution < 1.29 is 23.7 Å². The number of methoxy groups -OCH3 is 3. The fourth-order valence-corrected chi connectivity index (χ4v) is 1.94. The minimum absolute atomic E-state index is 0.253. The van der Waals surface area contributed by atoms with Gasteiger partial charge < -0.3 is 18.9 Å². The van der Waals surface area contributed by atoms with Gasteiger partial charge in [0.05, 0.1) is 17.1 Å². The van der Waals surface area contributed by atoms with Crippen LogP contribution < -0.4 is 4.74 Å². The second kappa shape index (κ2) is 7.47. The van der Waals surface area contributed by atoms with E-state index in [1.807, 2.05) is 6.92 Å². The van der Waals surface area contributed by atoms with Crippen LogP contribution in [0.25, 0.3) is 0 Å². The van der Waals surface area contributed by atoms with Crippen LogP contribution in [0.2, 0.25) is 0 Å². The van der Waals surface area contributed by atoms with Gasteiger partial charge in [-0.15, -0.1) is 0 Å². The van der Waals surface area contributed by atoms with E-state index in [0.717, 1.165) is 5.56 Å². The Bertz CT molecular complexity index is 443. The molecule has 0 saturated heterocycles. The number of aryl methyl sites for hydroxylation is 1.